The molecule has 2 heterocycles. The van der Waals surface area contributed by atoms with Crippen LogP contribution in [0.2, 0.25) is 0 Å². The monoisotopic (exact) mass is 427 g/mol. The summed E-state index contributed by atoms with van der Waals surface area (Å²) in [6.45, 7) is 3.46. The van der Waals surface area contributed by atoms with Crippen LogP contribution in [-0.4, -0.2) is 49.6 Å². The number of carbonyl (C=O) groups is 2. The van der Waals surface area contributed by atoms with Crippen LogP contribution in [0.25, 0.3) is 0 Å². The predicted molar refractivity (Wildman–Crippen MR) is 115 cm³/mol. The zero-order valence-electron chi connectivity index (χ0n) is 17.1. The highest BCUT2D eigenvalue weighted by molar-refractivity contribution is 7.86. The van der Waals surface area contributed by atoms with E-state index in [4.69, 9.17) is 0 Å². The van der Waals surface area contributed by atoms with Gasteiger partial charge in [0.1, 0.15) is 11.3 Å². The summed E-state index contributed by atoms with van der Waals surface area (Å²) in [4.78, 5) is 40.0. The molecule has 0 saturated heterocycles. The van der Waals surface area contributed by atoms with Gasteiger partial charge in [0.15, 0.2) is 0 Å². The predicted octanol–water partition coefficient (Wildman–Crippen LogP) is 1.45. The minimum Gasteiger partial charge on any atom is -0.348 e. The molecule has 0 bridgehead atoms. The second-order valence-electron chi connectivity index (χ2n) is 8.12. The van der Waals surface area contributed by atoms with Crippen LogP contribution < -0.4 is 10.9 Å². The maximum absolute atomic E-state index is 12.9. The SMILES string of the molecule is Cc1ccc(CNC(=O)c2ccc3n(c2=O)CCN(CC2([S@](C)=O)CC2)C3=O)cc1. The van der Waals surface area contributed by atoms with Gasteiger partial charge in [-0.1, -0.05) is 29.8 Å². The van der Waals surface area contributed by atoms with Gasteiger partial charge in [-0.15, -0.1) is 0 Å². The minimum absolute atomic E-state index is 0.0282. The first kappa shape index (κ1) is 20.5. The second-order valence-corrected chi connectivity index (χ2v) is 9.90. The third kappa shape index (κ3) is 3.84. The van der Waals surface area contributed by atoms with Crippen LogP contribution in [0.5, 0.6) is 0 Å². The van der Waals surface area contributed by atoms with E-state index in [0.29, 0.717) is 26.2 Å². The number of pyridine rings is 1. The summed E-state index contributed by atoms with van der Waals surface area (Å²) in [6, 6.07) is 10.8. The van der Waals surface area contributed by atoms with Gasteiger partial charge in [0.25, 0.3) is 17.4 Å². The first-order valence-corrected chi connectivity index (χ1v) is 11.6. The molecule has 4 rings (SSSR count). The first-order chi connectivity index (χ1) is 14.3. The van der Waals surface area contributed by atoms with Crippen molar-refractivity contribution in [3.8, 4) is 0 Å². The van der Waals surface area contributed by atoms with E-state index in [9.17, 15) is 18.6 Å². The number of rotatable bonds is 6. The number of fused-ring (bicyclic) bond motifs is 1. The molecule has 0 spiro atoms. The maximum Gasteiger partial charge on any atom is 0.270 e. The Hall–Kier alpha value is -2.74. The van der Waals surface area contributed by atoms with E-state index in [2.05, 4.69) is 5.32 Å². The highest BCUT2D eigenvalue weighted by atomic mass is 32.2. The number of benzene rings is 1. The van der Waals surface area contributed by atoms with Gasteiger partial charge in [-0.3, -0.25) is 18.6 Å². The van der Waals surface area contributed by atoms with Crippen molar-refractivity contribution in [2.24, 2.45) is 0 Å². The van der Waals surface area contributed by atoms with Gasteiger partial charge in [0.2, 0.25) is 0 Å². The second kappa shape index (κ2) is 7.83. The van der Waals surface area contributed by atoms with Crippen molar-refractivity contribution >= 4 is 22.6 Å². The fourth-order valence-corrected chi connectivity index (χ4v) is 4.82. The lowest BCUT2D eigenvalue weighted by molar-refractivity contribution is 0.0695. The summed E-state index contributed by atoms with van der Waals surface area (Å²) >= 11 is 0. The number of aromatic nitrogens is 1. The molecule has 1 aliphatic heterocycles. The quantitative estimate of drug-likeness (QED) is 0.756. The van der Waals surface area contributed by atoms with Gasteiger partial charge in [0.05, 0.1) is 4.75 Å². The molecule has 0 radical (unpaired) electrons. The molecule has 2 aromatic rings. The summed E-state index contributed by atoms with van der Waals surface area (Å²) < 4.78 is 13.1. The Bertz CT molecular complexity index is 1090. The van der Waals surface area contributed by atoms with Crippen LogP contribution >= 0.6 is 0 Å². The lowest BCUT2D eigenvalue weighted by Gasteiger charge is -2.32. The van der Waals surface area contributed by atoms with E-state index in [0.717, 1.165) is 24.0 Å². The maximum atomic E-state index is 12.9. The van der Waals surface area contributed by atoms with Crippen molar-refractivity contribution in [2.45, 2.75) is 37.6 Å². The third-order valence-electron chi connectivity index (χ3n) is 5.99. The average Bonchev–Trinajstić information content (AvgIpc) is 3.51. The van der Waals surface area contributed by atoms with Crippen LogP contribution in [0, 0.1) is 6.92 Å². The Morgan fingerprint density at radius 1 is 1.10 bits per heavy atom. The number of amides is 2. The molecule has 1 fully saturated rings. The minimum atomic E-state index is -0.989. The van der Waals surface area contributed by atoms with E-state index in [-0.39, 0.29) is 21.9 Å². The fraction of sp³-hybridized carbons (Fsp3) is 0.409. The Balaban J connectivity index is 1.49. The summed E-state index contributed by atoms with van der Waals surface area (Å²) in [5.41, 5.74) is 1.93. The number of aryl methyl sites for hydroxylation is 1. The summed E-state index contributed by atoms with van der Waals surface area (Å²) in [5, 5.41) is 2.77. The molecule has 1 saturated carbocycles. The molecule has 30 heavy (non-hydrogen) atoms. The Morgan fingerprint density at radius 2 is 1.80 bits per heavy atom. The van der Waals surface area contributed by atoms with Crippen LogP contribution in [0.4, 0.5) is 0 Å². The number of hydrogen-bond acceptors (Lipinski definition) is 4. The lowest BCUT2D eigenvalue weighted by atomic mass is 10.1. The molecule has 1 aliphatic carbocycles. The van der Waals surface area contributed by atoms with E-state index in [1.807, 2.05) is 31.2 Å². The Labute approximate surface area is 177 Å². The first-order valence-electron chi connectivity index (χ1n) is 10.0. The normalized spacial score (nSPS) is 17.9. The standard InChI is InChI=1S/C22H25N3O4S/c1-15-3-5-16(6-4-15)13-23-19(26)17-7-8-18-21(28)24(11-12-25(18)20(17)27)14-22(9-10-22)30(2)29/h3-8H,9-14H2,1-2H3,(H,23,26)/t30-/m0/s1. The molecule has 1 N–H and O–H groups in total. The topological polar surface area (TPSA) is 88.5 Å². The van der Waals surface area contributed by atoms with Crippen molar-refractivity contribution < 1.29 is 13.8 Å². The smallest absolute Gasteiger partial charge is 0.270 e. The Kier molecular flexibility index (Phi) is 5.36. The molecule has 1 aromatic heterocycles. The fourth-order valence-electron chi connectivity index (χ4n) is 3.80. The molecule has 8 heteroatoms. The molecular weight excluding hydrogens is 402 g/mol. The number of hydrogen-bond donors (Lipinski definition) is 1. The molecule has 0 unspecified atom stereocenters. The summed E-state index contributed by atoms with van der Waals surface area (Å²) in [7, 11) is -0.989. The van der Waals surface area contributed by atoms with E-state index in [1.54, 1.807) is 17.2 Å². The van der Waals surface area contributed by atoms with Gasteiger partial charge < -0.3 is 14.8 Å². The van der Waals surface area contributed by atoms with Crippen LogP contribution in [0.15, 0.2) is 41.2 Å². The van der Waals surface area contributed by atoms with E-state index >= 15 is 0 Å². The zero-order valence-corrected chi connectivity index (χ0v) is 18.0. The number of carbonyl (C=O) groups excluding carboxylic acids is 2. The highest BCUT2D eigenvalue weighted by Gasteiger charge is 2.49. The molecular formula is C22H25N3O4S. The van der Waals surface area contributed by atoms with Crippen molar-refractivity contribution in [3.05, 3.63) is 69.1 Å². The van der Waals surface area contributed by atoms with Gasteiger partial charge in [-0.05, 0) is 37.5 Å². The zero-order chi connectivity index (χ0) is 21.5. The molecule has 1 aromatic carbocycles. The number of nitrogens with zero attached hydrogens (tertiary/aromatic N) is 2. The van der Waals surface area contributed by atoms with Gasteiger partial charge in [0, 0.05) is 43.2 Å². The van der Waals surface area contributed by atoms with Crippen LogP contribution in [0.1, 0.15) is 44.8 Å². The Morgan fingerprint density at radius 3 is 2.43 bits per heavy atom. The van der Waals surface area contributed by atoms with E-state index < -0.39 is 22.3 Å². The molecule has 1 atom stereocenters. The molecule has 7 nitrogen and oxygen atoms in total. The van der Waals surface area contributed by atoms with Crippen molar-refractivity contribution in [3.63, 3.8) is 0 Å². The van der Waals surface area contributed by atoms with E-state index in [1.165, 1.54) is 10.6 Å². The van der Waals surface area contributed by atoms with Crippen LogP contribution in [0.3, 0.4) is 0 Å². The number of nitrogens with one attached hydrogen (secondary N) is 1. The molecule has 2 aliphatic rings. The lowest BCUT2D eigenvalue weighted by Crippen LogP contribution is -2.49. The van der Waals surface area contributed by atoms with Gasteiger partial charge in [-0.25, -0.2) is 0 Å². The average molecular weight is 428 g/mol. The third-order valence-corrected chi connectivity index (χ3v) is 7.75. The largest absolute Gasteiger partial charge is 0.348 e. The van der Waals surface area contributed by atoms with Crippen molar-refractivity contribution in [2.75, 3.05) is 19.3 Å². The van der Waals surface area contributed by atoms with Crippen LogP contribution in [-0.2, 0) is 23.9 Å². The summed E-state index contributed by atoms with van der Waals surface area (Å²) in [6.07, 6.45) is 3.39. The molecule has 158 valence electrons. The van der Waals surface area contributed by atoms with Gasteiger partial charge >= 0.3 is 0 Å². The molecule has 2 amide bonds. The van der Waals surface area contributed by atoms with Crippen molar-refractivity contribution in [1.29, 1.82) is 0 Å². The highest BCUT2D eigenvalue weighted by Crippen LogP contribution is 2.42. The van der Waals surface area contributed by atoms with Gasteiger partial charge in [-0.2, -0.15) is 0 Å². The summed E-state index contributed by atoms with van der Waals surface area (Å²) in [5.74, 6) is -0.703. The van der Waals surface area contributed by atoms with Crippen molar-refractivity contribution in [1.82, 2.24) is 14.8 Å².